The highest BCUT2D eigenvalue weighted by atomic mass is 32.1. The van der Waals surface area contributed by atoms with Gasteiger partial charge in [-0.05, 0) is 36.9 Å². The van der Waals surface area contributed by atoms with Crippen molar-refractivity contribution in [3.05, 3.63) is 11.8 Å². The van der Waals surface area contributed by atoms with Crippen LogP contribution in [0.4, 0.5) is 0 Å². The van der Waals surface area contributed by atoms with Gasteiger partial charge in [0.05, 0.1) is 16.9 Å². The van der Waals surface area contributed by atoms with Crippen molar-refractivity contribution in [3.8, 4) is 0 Å². The maximum atomic E-state index is 4.37. The van der Waals surface area contributed by atoms with Crippen molar-refractivity contribution in [2.75, 3.05) is 6.54 Å². The molecule has 0 aliphatic carbocycles. The van der Waals surface area contributed by atoms with E-state index in [0.717, 1.165) is 5.57 Å². The van der Waals surface area contributed by atoms with Crippen molar-refractivity contribution in [1.82, 2.24) is 0 Å². The van der Waals surface area contributed by atoms with E-state index >= 15 is 0 Å². The molecule has 2 nitrogen and oxygen atoms in total. The first-order valence-corrected chi connectivity index (χ1v) is 3.39. The third kappa shape index (κ3) is 5.48. The van der Waals surface area contributed by atoms with Crippen LogP contribution < -0.4 is 0 Å². The standard InChI is InChI=1S/C6H6N2S2/c1-6(2-7-4-9)3-8-5-10/h2H,3H2,1H3. The Labute approximate surface area is 70.4 Å². The van der Waals surface area contributed by atoms with Crippen molar-refractivity contribution in [1.29, 1.82) is 0 Å². The maximum absolute atomic E-state index is 4.37. The molecule has 10 heavy (non-hydrogen) atoms. The lowest BCUT2D eigenvalue weighted by atomic mass is 10.3. The average Bonchev–Trinajstić information content (AvgIpc) is 1.97. The highest BCUT2D eigenvalue weighted by molar-refractivity contribution is 7.78. The normalized spacial score (nSPS) is 9.50. The van der Waals surface area contributed by atoms with Crippen LogP contribution in [0.5, 0.6) is 0 Å². The SMILES string of the molecule is CC(=CN=C=S)CN=C=S. The minimum atomic E-state index is 0.532. The van der Waals surface area contributed by atoms with Crippen LogP contribution in [-0.2, 0) is 0 Å². The van der Waals surface area contributed by atoms with Gasteiger partial charge in [0, 0.05) is 6.20 Å². The second-order valence-corrected chi connectivity index (χ2v) is 1.97. The van der Waals surface area contributed by atoms with Crippen molar-refractivity contribution < 1.29 is 0 Å². The van der Waals surface area contributed by atoms with Crippen LogP contribution >= 0.6 is 24.4 Å². The van der Waals surface area contributed by atoms with E-state index in [1.54, 1.807) is 6.20 Å². The molecule has 4 heteroatoms. The van der Waals surface area contributed by atoms with Gasteiger partial charge < -0.3 is 0 Å². The number of hydrogen-bond acceptors (Lipinski definition) is 4. The molecule has 0 radical (unpaired) electrons. The number of nitrogens with zero attached hydrogens (tertiary/aromatic N) is 2. The van der Waals surface area contributed by atoms with Gasteiger partial charge in [0.25, 0.3) is 0 Å². The van der Waals surface area contributed by atoms with E-state index in [2.05, 4.69) is 44.7 Å². The molecule has 0 bridgehead atoms. The zero-order chi connectivity index (χ0) is 7.82. The van der Waals surface area contributed by atoms with Gasteiger partial charge in [0.2, 0.25) is 0 Å². The second-order valence-electron chi connectivity index (χ2n) is 1.60. The Bertz CT molecular complexity index is 220. The molecule has 0 unspecified atom stereocenters. The summed E-state index contributed by atoms with van der Waals surface area (Å²) >= 11 is 8.73. The van der Waals surface area contributed by atoms with Gasteiger partial charge in [-0.2, -0.15) is 0 Å². The predicted molar refractivity (Wildman–Crippen MR) is 48.7 cm³/mol. The summed E-state index contributed by atoms with van der Waals surface area (Å²) in [5.41, 5.74) is 0.981. The van der Waals surface area contributed by atoms with Crippen molar-refractivity contribution in [3.63, 3.8) is 0 Å². The zero-order valence-electron chi connectivity index (χ0n) is 5.50. The van der Waals surface area contributed by atoms with Crippen LogP contribution in [0, 0.1) is 0 Å². The molecule has 0 rings (SSSR count). The molecule has 0 aliphatic rings. The fourth-order valence-corrected chi connectivity index (χ4v) is 0.452. The Kier molecular flexibility index (Phi) is 6.03. The van der Waals surface area contributed by atoms with Crippen molar-refractivity contribution in [2.24, 2.45) is 9.98 Å². The van der Waals surface area contributed by atoms with E-state index in [9.17, 15) is 0 Å². The number of aliphatic imine (C=N–C) groups is 2. The third-order valence-electron chi connectivity index (χ3n) is 0.731. The summed E-state index contributed by atoms with van der Waals surface area (Å²) in [5, 5.41) is 4.47. The summed E-state index contributed by atoms with van der Waals surface area (Å²) in [6.07, 6.45) is 1.60. The first-order valence-electron chi connectivity index (χ1n) is 2.57. The van der Waals surface area contributed by atoms with Gasteiger partial charge in [0.1, 0.15) is 0 Å². The van der Waals surface area contributed by atoms with E-state index < -0.39 is 0 Å². The van der Waals surface area contributed by atoms with E-state index in [1.807, 2.05) is 6.92 Å². The van der Waals surface area contributed by atoms with Gasteiger partial charge in [-0.15, -0.1) is 0 Å². The molecule has 0 amide bonds. The Morgan fingerprint density at radius 1 is 1.50 bits per heavy atom. The summed E-state index contributed by atoms with van der Waals surface area (Å²) in [7, 11) is 0. The molecule has 0 aliphatic heterocycles. The molecule has 0 heterocycles. The number of hydrogen-bond donors (Lipinski definition) is 0. The molecule has 0 saturated heterocycles. The Balaban J connectivity index is 3.93. The summed E-state index contributed by atoms with van der Waals surface area (Å²) in [4.78, 5) is 7.30. The monoisotopic (exact) mass is 170 g/mol. The van der Waals surface area contributed by atoms with Gasteiger partial charge >= 0.3 is 0 Å². The van der Waals surface area contributed by atoms with Crippen LogP contribution in [0.1, 0.15) is 6.92 Å². The molecule has 0 aromatic carbocycles. The molecule has 52 valence electrons. The molecule has 0 aromatic rings. The molecule has 0 saturated carbocycles. The smallest absolute Gasteiger partial charge is 0.0718 e. The van der Waals surface area contributed by atoms with Gasteiger partial charge in [-0.3, -0.25) is 0 Å². The lowest BCUT2D eigenvalue weighted by Gasteiger charge is -1.86. The Hall–Kier alpha value is -0.660. The van der Waals surface area contributed by atoms with E-state index in [-0.39, 0.29) is 0 Å². The number of rotatable bonds is 3. The third-order valence-corrected chi connectivity index (χ3v) is 0.965. The average molecular weight is 170 g/mol. The maximum Gasteiger partial charge on any atom is 0.0718 e. The number of thiocarbonyl (C=S) groups is 2. The van der Waals surface area contributed by atoms with Crippen molar-refractivity contribution in [2.45, 2.75) is 6.92 Å². The highest BCUT2D eigenvalue weighted by Gasteiger charge is 1.81. The lowest BCUT2D eigenvalue weighted by molar-refractivity contribution is 1.14. The quantitative estimate of drug-likeness (QED) is 0.478. The minimum absolute atomic E-state index is 0.532. The molecule has 0 atom stereocenters. The lowest BCUT2D eigenvalue weighted by Crippen LogP contribution is -1.79. The topological polar surface area (TPSA) is 24.7 Å². The first-order chi connectivity index (χ1) is 4.81. The molecule has 0 spiro atoms. The molecule has 0 N–H and O–H groups in total. The van der Waals surface area contributed by atoms with Gasteiger partial charge in [-0.25, -0.2) is 9.98 Å². The fraction of sp³-hybridized carbons (Fsp3) is 0.333. The molecular weight excluding hydrogens is 164 g/mol. The van der Waals surface area contributed by atoms with E-state index in [4.69, 9.17) is 0 Å². The largest absolute Gasteiger partial charge is 0.228 e. The second kappa shape index (κ2) is 6.46. The van der Waals surface area contributed by atoms with E-state index in [1.165, 1.54) is 0 Å². The molecule has 0 aromatic heterocycles. The fourth-order valence-electron chi connectivity index (χ4n) is 0.334. The van der Waals surface area contributed by atoms with E-state index in [0.29, 0.717) is 6.54 Å². The Morgan fingerprint density at radius 2 is 2.20 bits per heavy atom. The number of isothiocyanates is 2. The highest BCUT2D eigenvalue weighted by Crippen LogP contribution is 1.91. The van der Waals surface area contributed by atoms with Crippen LogP contribution in [0.2, 0.25) is 0 Å². The van der Waals surface area contributed by atoms with Crippen LogP contribution in [0.25, 0.3) is 0 Å². The Morgan fingerprint density at radius 3 is 2.70 bits per heavy atom. The van der Waals surface area contributed by atoms with Crippen LogP contribution in [-0.4, -0.2) is 16.9 Å². The van der Waals surface area contributed by atoms with Crippen LogP contribution in [0.3, 0.4) is 0 Å². The minimum Gasteiger partial charge on any atom is -0.228 e. The summed E-state index contributed by atoms with van der Waals surface area (Å²) < 4.78 is 0. The summed E-state index contributed by atoms with van der Waals surface area (Å²) in [6.45, 7) is 2.41. The summed E-state index contributed by atoms with van der Waals surface area (Å²) in [6, 6.07) is 0. The zero-order valence-corrected chi connectivity index (χ0v) is 7.13. The summed E-state index contributed by atoms with van der Waals surface area (Å²) in [5.74, 6) is 0. The predicted octanol–water partition coefficient (Wildman–Crippen LogP) is 2.10. The van der Waals surface area contributed by atoms with Crippen LogP contribution in [0.15, 0.2) is 21.8 Å². The van der Waals surface area contributed by atoms with Crippen molar-refractivity contribution >= 4 is 34.8 Å². The molecule has 0 fully saturated rings. The first kappa shape index (κ1) is 9.34. The van der Waals surface area contributed by atoms with Gasteiger partial charge in [-0.1, -0.05) is 0 Å². The molecular formula is C6H6N2S2. The van der Waals surface area contributed by atoms with Gasteiger partial charge in [0.15, 0.2) is 0 Å².